The standard InChI is InChI=1S/C43H77N3O17P2/c1-4-5-6-7-13-18-23-34(47)35(48)24-19-14-11-16-20-25-38(49)58-29-33(61-39(50)26-21-15-10-8-9-12-17-22-32(2)3)30-59-64(54,55)63-65(56,57)60-31-36-40(51)41(52)42(62-36)46-28-27-37(44)45-43(46)53/h13,18,27-28,32-36,40-42,47-48,51-52H,4-12,14-17,19-26,29-31H2,1-3H3,(H,54,55)(H,56,57)(H2,44,45,53)/b18-13-/t33-,34-,35-,36-,40-,41-,42-/m1/s1. The molecule has 0 saturated carbocycles. The minimum atomic E-state index is -5.44. The number of hydrogen-bond acceptors (Lipinski definition) is 17. The smallest absolute Gasteiger partial charge is 0.462 e. The predicted octanol–water partition coefficient (Wildman–Crippen LogP) is 6.30. The van der Waals surface area contributed by atoms with Crippen LogP contribution in [0.4, 0.5) is 5.82 Å². The van der Waals surface area contributed by atoms with Crippen molar-refractivity contribution in [2.24, 2.45) is 5.92 Å². The Bertz CT molecular complexity index is 1680. The number of ether oxygens (including phenoxy) is 3. The monoisotopic (exact) mass is 969 g/mol. The number of rotatable bonds is 37. The van der Waals surface area contributed by atoms with E-state index in [1.54, 1.807) is 0 Å². The maximum Gasteiger partial charge on any atom is 0.481 e. The van der Waals surface area contributed by atoms with E-state index in [0.717, 1.165) is 81.4 Å². The van der Waals surface area contributed by atoms with E-state index in [9.17, 15) is 53.7 Å². The van der Waals surface area contributed by atoms with E-state index in [4.69, 9.17) is 29.0 Å². The summed E-state index contributed by atoms with van der Waals surface area (Å²) >= 11 is 0. The summed E-state index contributed by atoms with van der Waals surface area (Å²) in [5, 5.41) is 41.3. The zero-order valence-corrected chi connectivity index (χ0v) is 40.2. The van der Waals surface area contributed by atoms with Gasteiger partial charge >= 0.3 is 33.3 Å². The fourth-order valence-corrected chi connectivity index (χ4v) is 9.04. The number of hydrogen-bond donors (Lipinski definition) is 7. The highest BCUT2D eigenvalue weighted by molar-refractivity contribution is 7.61. The fourth-order valence-electron chi connectivity index (χ4n) is 6.93. The van der Waals surface area contributed by atoms with Gasteiger partial charge < -0.3 is 50.2 Å². The molecule has 1 aromatic heterocycles. The second-order valence-electron chi connectivity index (χ2n) is 17.0. The summed E-state index contributed by atoms with van der Waals surface area (Å²) in [7, 11) is -10.9. The van der Waals surface area contributed by atoms with E-state index in [1.165, 1.54) is 18.9 Å². The molecule has 0 radical (unpaired) electrons. The Morgan fingerprint density at radius 1 is 0.815 bits per heavy atom. The molecule has 1 fully saturated rings. The summed E-state index contributed by atoms with van der Waals surface area (Å²) in [5.74, 6) is -0.743. The number of aliphatic hydroxyl groups is 4. The summed E-state index contributed by atoms with van der Waals surface area (Å²) in [6.07, 6.45) is 12.2. The third-order valence-corrected chi connectivity index (χ3v) is 13.3. The van der Waals surface area contributed by atoms with Gasteiger partial charge in [0, 0.05) is 19.0 Å². The van der Waals surface area contributed by atoms with Gasteiger partial charge in [-0.25, -0.2) is 13.9 Å². The van der Waals surface area contributed by atoms with E-state index >= 15 is 0 Å². The molecule has 65 heavy (non-hydrogen) atoms. The van der Waals surface area contributed by atoms with Gasteiger partial charge in [-0.1, -0.05) is 116 Å². The average Bonchev–Trinajstić information content (AvgIpc) is 3.52. The molecule has 0 amide bonds. The van der Waals surface area contributed by atoms with Crippen LogP contribution in [0.15, 0.2) is 29.2 Å². The summed E-state index contributed by atoms with van der Waals surface area (Å²) in [5.41, 5.74) is 4.56. The number of carbonyl (C=O) groups excluding carboxylic acids is 2. The summed E-state index contributed by atoms with van der Waals surface area (Å²) in [4.78, 5) is 61.6. The van der Waals surface area contributed by atoms with Gasteiger partial charge in [-0.15, -0.1) is 0 Å². The Balaban J connectivity index is 1.85. The summed E-state index contributed by atoms with van der Waals surface area (Å²) in [6, 6.07) is 1.24. The molecule has 2 rings (SSSR count). The van der Waals surface area contributed by atoms with Crippen molar-refractivity contribution in [3.63, 3.8) is 0 Å². The number of anilines is 1. The molecule has 9 atom stereocenters. The predicted molar refractivity (Wildman–Crippen MR) is 241 cm³/mol. The van der Waals surface area contributed by atoms with Crippen molar-refractivity contribution in [1.82, 2.24) is 9.55 Å². The second kappa shape index (κ2) is 32.2. The zero-order chi connectivity index (χ0) is 48.3. The molecule has 2 unspecified atom stereocenters. The molecule has 0 aliphatic carbocycles. The van der Waals surface area contributed by atoms with Crippen molar-refractivity contribution in [2.45, 2.75) is 198 Å². The van der Waals surface area contributed by atoms with Gasteiger partial charge in [-0.3, -0.25) is 23.2 Å². The molecule has 376 valence electrons. The largest absolute Gasteiger partial charge is 0.481 e. The van der Waals surface area contributed by atoms with Crippen LogP contribution in [0, 0.1) is 5.92 Å². The van der Waals surface area contributed by atoms with Crippen molar-refractivity contribution in [3.8, 4) is 0 Å². The highest BCUT2D eigenvalue weighted by Gasteiger charge is 2.46. The molecule has 1 aromatic rings. The first-order chi connectivity index (χ1) is 30.8. The maximum absolute atomic E-state index is 12.8. The Hall–Kier alpha value is -2.58. The third kappa shape index (κ3) is 25.9. The van der Waals surface area contributed by atoms with Crippen LogP contribution < -0.4 is 11.4 Å². The van der Waals surface area contributed by atoms with Crippen LogP contribution >= 0.6 is 15.6 Å². The number of carbonyl (C=O) groups is 2. The number of nitrogens with zero attached hydrogens (tertiary/aromatic N) is 2. The van der Waals surface area contributed by atoms with Crippen molar-refractivity contribution in [3.05, 3.63) is 34.9 Å². The van der Waals surface area contributed by atoms with Gasteiger partial charge in [0.1, 0.15) is 30.7 Å². The number of unbranched alkanes of at least 4 members (excludes halogenated alkanes) is 13. The third-order valence-electron chi connectivity index (χ3n) is 10.7. The lowest BCUT2D eigenvalue weighted by atomic mass is 10.0. The van der Waals surface area contributed by atoms with Crippen molar-refractivity contribution < 1.29 is 76.5 Å². The highest BCUT2D eigenvalue weighted by atomic mass is 31.3. The zero-order valence-electron chi connectivity index (χ0n) is 38.4. The van der Waals surface area contributed by atoms with Crippen LogP contribution in [-0.4, -0.2) is 108 Å². The average molecular weight is 970 g/mol. The van der Waals surface area contributed by atoms with Gasteiger partial charge in [0.15, 0.2) is 12.3 Å². The van der Waals surface area contributed by atoms with Crippen LogP contribution in [0.1, 0.15) is 162 Å². The first-order valence-electron chi connectivity index (χ1n) is 23.2. The molecule has 0 bridgehead atoms. The normalized spacial score (nSPS) is 21.0. The van der Waals surface area contributed by atoms with E-state index in [2.05, 4.69) is 30.1 Å². The molecule has 2 heterocycles. The lowest BCUT2D eigenvalue weighted by Gasteiger charge is -2.21. The molecule has 22 heteroatoms. The van der Waals surface area contributed by atoms with Crippen molar-refractivity contribution in [2.75, 3.05) is 25.6 Å². The Labute approximate surface area is 383 Å². The topological polar surface area (TPSA) is 306 Å². The molecule has 0 aromatic carbocycles. The number of aliphatic hydroxyl groups excluding tert-OH is 4. The molecule has 1 aliphatic heterocycles. The van der Waals surface area contributed by atoms with E-state index in [0.29, 0.717) is 44.4 Å². The van der Waals surface area contributed by atoms with Crippen LogP contribution in [-0.2, 0) is 46.3 Å². The lowest BCUT2D eigenvalue weighted by molar-refractivity contribution is -0.161. The van der Waals surface area contributed by atoms with Gasteiger partial charge in [-0.05, 0) is 50.5 Å². The second-order valence-corrected chi connectivity index (χ2v) is 20.1. The van der Waals surface area contributed by atoms with Crippen LogP contribution in [0.3, 0.4) is 0 Å². The van der Waals surface area contributed by atoms with Crippen molar-refractivity contribution >= 4 is 33.4 Å². The first kappa shape index (κ1) is 58.5. The van der Waals surface area contributed by atoms with Crippen LogP contribution in [0.5, 0.6) is 0 Å². The van der Waals surface area contributed by atoms with Crippen LogP contribution in [0.25, 0.3) is 0 Å². The van der Waals surface area contributed by atoms with Gasteiger partial charge in [0.25, 0.3) is 0 Å². The maximum atomic E-state index is 12.8. The molecule has 8 N–H and O–H groups in total. The molecule has 20 nitrogen and oxygen atoms in total. The Morgan fingerprint density at radius 3 is 2.05 bits per heavy atom. The number of nitrogen functional groups attached to an aromatic ring is 1. The molecular formula is C43H77N3O17P2. The Morgan fingerprint density at radius 2 is 1.42 bits per heavy atom. The van der Waals surface area contributed by atoms with E-state index in [-0.39, 0.29) is 18.7 Å². The van der Waals surface area contributed by atoms with E-state index < -0.39 is 95.9 Å². The lowest BCUT2D eigenvalue weighted by Crippen LogP contribution is -2.36. The Kier molecular flexibility index (Phi) is 29.0. The highest BCUT2D eigenvalue weighted by Crippen LogP contribution is 2.60. The molecular weight excluding hydrogens is 892 g/mol. The van der Waals surface area contributed by atoms with Gasteiger partial charge in [0.05, 0.1) is 25.4 Å². The number of nitrogens with two attached hydrogens (primary N) is 1. The molecule has 1 saturated heterocycles. The molecule has 1 aliphatic rings. The van der Waals surface area contributed by atoms with Crippen molar-refractivity contribution in [1.29, 1.82) is 0 Å². The van der Waals surface area contributed by atoms with Gasteiger partial charge in [-0.2, -0.15) is 9.29 Å². The number of phosphoric acid groups is 2. The minimum absolute atomic E-state index is 0.0189. The number of esters is 2. The minimum Gasteiger partial charge on any atom is -0.462 e. The number of phosphoric ester groups is 2. The van der Waals surface area contributed by atoms with E-state index in [1.807, 2.05) is 12.2 Å². The van der Waals surface area contributed by atoms with Crippen LogP contribution in [0.2, 0.25) is 0 Å². The fraction of sp³-hybridized carbons (Fsp3) is 0.814. The quantitative estimate of drug-likeness (QED) is 0.0167. The number of aromatic nitrogens is 2. The molecule has 0 spiro atoms. The number of allylic oxidation sites excluding steroid dienone is 1. The van der Waals surface area contributed by atoms with Gasteiger partial charge in [0.2, 0.25) is 0 Å². The summed E-state index contributed by atoms with van der Waals surface area (Å²) in [6.45, 7) is 4.13. The summed E-state index contributed by atoms with van der Waals surface area (Å²) < 4.78 is 56.4. The first-order valence-corrected chi connectivity index (χ1v) is 26.2. The SMILES string of the molecule is CCCCC/C=C\C[C@@H](O)[C@H](O)CCCCCCCC(=O)OC[C@H](COP(=O)(O)OP(=O)(O)OC[C@H]1O[C@@H](n2ccc(N)nc2=O)[C@H](O)[C@@H]1O)OC(=O)CCCCCCCCCC(C)C.